The van der Waals surface area contributed by atoms with E-state index in [0.717, 1.165) is 32.1 Å². The highest BCUT2D eigenvalue weighted by Gasteiger charge is 2.58. The highest BCUT2D eigenvalue weighted by atomic mass is 16.5. The Labute approximate surface area is 122 Å². The maximum absolute atomic E-state index is 12.5. The predicted molar refractivity (Wildman–Crippen MR) is 78.2 cm³/mol. The molecule has 0 saturated heterocycles. The summed E-state index contributed by atoms with van der Waals surface area (Å²) in [5.74, 6) is 0.933. The zero-order valence-electron chi connectivity index (χ0n) is 13.5. The van der Waals surface area contributed by atoms with Crippen LogP contribution in [0, 0.1) is 22.7 Å². The minimum atomic E-state index is -0.239. The third-order valence-corrected chi connectivity index (χ3v) is 6.03. The van der Waals surface area contributed by atoms with Crippen LogP contribution in [-0.2, 0) is 14.3 Å². The van der Waals surface area contributed by atoms with Crippen LogP contribution in [0.3, 0.4) is 0 Å². The summed E-state index contributed by atoms with van der Waals surface area (Å²) in [6.45, 7) is 10.2. The van der Waals surface area contributed by atoms with Crippen molar-refractivity contribution in [3.8, 4) is 0 Å². The van der Waals surface area contributed by atoms with Gasteiger partial charge >= 0.3 is 5.97 Å². The van der Waals surface area contributed by atoms with Crippen LogP contribution in [0.4, 0.5) is 0 Å². The number of carbonyl (C=O) groups excluding carboxylic acids is 2. The number of Topliss-reactive ketones (excluding diaryl/α,β-unsaturated/α-hetero) is 1. The highest BCUT2D eigenvalue weighted by Crippen LogP contribution is 2.59. The van der Waals surface area contributed by atoms with E-state index in [1.165, 1.54) is 6.92 Å². The fourth-order valence-corrected chi connectivity index (χ4v) is 4.42. The van der Waals surface area contributed by atoms with Crippen LogP contribution in [0.15, 0.2) is 0 Å². The van der Waals surface area contributed by atoms with E-state index < -0.39 is 0 Å². The number of ether oxygens (including phenoxy) is 1. The van der Waals surface area contributed by atoms with Crippen molar-refractivity contribution in [1.82, 2.24) is 0 Å². The summed E-state index contributed by atoms with van der Waals surface area (Å²) < 4.78 is 5.61. The first-order valence-electron chi connectivity index (χ1n) is 7.90. The van der Waals surface area contributed by atoms with Crippen LogP contribution in [0.25, 0.3) is 0 Å². The van der Waals surface area contributed by atoms with Gasteiger partial charge in [-0.1, -0.05) is 27.7 Å². The lowest BCUT2D eigenvalue weighted by Crippen LogP contribution is -2.56. The second kappa shape index (κ2) is 5.16. The molecule has 0 aromatic carbocycles. The summed E-state index contributed by atoms with van der Waals surface area (Å²) in [4.78, 5) is 23.9. The maximum Gasteiger partial charge on any atom is 0.302 e. The van der Waals surface area contributed by atoms with Gasteiger partial charge in [0.25, 0.3) is 0 Å². The molecule has 20 heavy (non-hydrogen) atoms. The largest absolute Gasteiger partial charge is 0.462 e. The fourth-order valence-electron chi connectivity index (χ4n) is 4.42. The Balaban J connectivity index is 2.32. The minimum absolute atomic E-state index is 0.0200. The summed E-state index contributed by atoms with van der Waals surface area (Å²) in [6.07, 6.45) is 4.42. The molecule has 0 aromatic heterocycles. The van der Waals surface area contributed by atoms with Gasteiger partial charge < -0.3 is 4.74 Å². The average molecular weight is 280 g/mol. The summed E-state index contributed by atoms with van der Waals surface area (Å²) in [7, 11) is 0. The van der Waals surface area contributed by atoms with E-state index in [1.54, 1.807) is 0 Å². The Morgan fingerprint density at radius 3 is 2.50 bits per heavy atom. The van der Waals surface area contributed by atoms with Gasteiger partial charge in [-0.15, -0.1) is 0 Å². The van der Waals surface area contributed by atoms with Gasteiger partial charge in [-0.2, -0.15) is 0 Å². The summed E-state index contributed by atoms with van der Waals surface area (Å²) in [5.41, 5.74) is -0.259. The quantitative estimate of drug-likeness (QED) is 0.723. The summed E-state index contributed by atoms with van der Waals surface area (Å²) >= 11 is 0. The van der Waals surface area contributed by atoms with Gasteiger partial charge in [-0.05, 0) is 42.9 Å². The molecule has 4 atom stereocenters. The highest BCUT2D eigenvalue weighted by molar-refractivity contribution is 5.86. The number of carbonyl (C=O) groups is 2. The standard InChI is InChI=1S/C17H28O3/c1-11(2)13-9-17(5)15(19)7-6-8-16(17,4)10-14(13)20-12(3)18/h11,13-14H,6-10H2,1-5H3. The van der Waals surface area contributed by atoms with Gasteiger partial charge in [0.15, 0.2) is 0 Å². The maximum atomic E-state index is 12.5. The van der Waals surface area contributed by atoms with Crippen LogP contribution >= 0.6 is 0 Å². The molecule has 0 aliphatic heterocycles. The van der Waals surface area contributed by atoms with Crippen LogP contribution in [-0.4, -0.2) is 17.9 Å². The van der Waals surface area contributed by atoms with Gasteiger partial charge in [0, 0.05) is 18.8 Å². The Morgan fingerprint density at radius 1 is 1.30 bits per heavy atom. The van der Waals surface area contributed by atoms with Crippen LogP contribution in [0.2, 0.25) is 0 Å². The number of esters is 1. The van der Waals surface area contributed by atoms with Crippen molar-refractivity contribution in [2.45, 2.75) is 72.8 Å². The lowest BCUT2D eigenvalue weighted by molar-refractivity contribution is -0.173. The van der Waals surface area contributed by atoms with Crippen molar-refractivity contribution in [2.75, 3.05) is 0 Å². The molecule has 2 rings (SSSR count). The lowest BCUT2D eigenvalue weighted by atomic mass is 9.48. The van der Waals surface area contributed by atoms with Crippen molar-refractivity contribution in [2.24, 2.45) is 22.7 Å². The van der Waals surface area contributed by atoms with E-state index in [9.17, 15) is 9.59 Å². The van der Waals surface area contributed by atoms with E-state index in [0.29, 0.717) is 17.6 Å². The van der Waals surface area contributed by atoms with E-state index in [-0.39, 0.29) is 22.9 Å². The molecule has 0 amide bonds. The normalized spacial score (nSPS) is 41.4. The van der Waals surface area contributed by atoms with E-state index in [1.807, 2.05) is 0 Å². The molecule has 0 aromatic rings. The Hall–Kier alpha value is -0.860. The van der Waals surface area contributed by atoms with Gasteiger partial charge in [0.1, 0.15) is 11.9 Å². The number of hydrogen-bond donors (Lipinski definition) is 0. The van der Waals surface area contributed by atoms with Crippen molar-refractivity contribution in [3.63, 3.8) is 0 Å². The predicted octanol–water partition coefficient (Wildman–Crippen LogP) is 3.75. The molecule has 114 valence electrons. The van der Waals surface area contributed by atoms with Gasteiger partial charge in [-0.3, -0.25) is 9.59 Å². The molecule has 2 fully saturated rings. The number of fused-ring (bicyclic) bond motifs is 1. The van der Waals surface area contributed by atoms with Gasteiger partial charge in [0.05, 0.1) is 0 Å². The first kappa shape index (κ1) is 15.5. The van der Waals surface area contributed by atoms with E-state index in [2.05, 4.69) is 27.7 Å². The Kier molecular flexibility index (Phi) is 4.01. The molecule has 2 aliphatic carbocycles. The molecule has 0 N–H and O–H groups in total. The van der Waals surface area contributed by atoms with Crippen molar-refractivity contribution in [1.29, 1.82) is 0 Å². The molecule has 2 saturated carbocycles. The third kappa shape index (κ3) is 2.40. The number of rotatable bonds is 2. The second-order valence-electron chi connectivity index (χ2n) is 7.63. The Morgan fingerprint density at radius 2 is 1.95 bits per heavy atom. The average Bonchev–Trinajstić information content (AvgIpc) is 2.31. The zero-order valence-corrected chi connectivity index (χ0v) is 13.5. The number of hydrogen-bond acceptors (Lipinski definition) is 3. The fraction of sp³-hybridized carbons (Fsp3) is 0.882. The molecular weight excluding hydrogens is 252 g/mol. The third-order valence-electron chi connectivity index (χ3n) is 6.03. The van der Waals surface area contributed by atoms with Crippen LogP contribution in [0.5, 0.6) is 0 Å². The molecule has 0 radical (unpaired) electrons. The monoisotopic (exact) mass is 280 g/mol. The molecular formula is C17H28O3. The second-order valence-corrected chi connectivity index (χ2v) is 7.63. The molecule has 0 spiro atoms. The zero-order chi connectivity index (χ0) is 15.1. The van der Waals surface area contributed by atoms with Crippen molar-refractivity contribution < 1.29 is 14.3 Å². The van der Waals surface area contributed by atoms with Crippen molar-refractivity contribution >= 4 is 11.8 Å². The first-order valence-corrected chi connectivity index (χ1v) is 7.90. The SMILES string of the molecule is CC(=O)OC1CC2(C)CCCC(=O)C2(C)CC1C(C)C. The lowest BCUT2D eigenvalue weighted by Gasteiger charge is -2.56. The summed E-state index contributed by atoms with van der Waals surface area (Å²) in [6, 6.07) is 0. The summed E-state index contributed by atoms with van der Waals surface area (Å²) in [5, 5.41) is 0. The molecule has 2 aliphatic rings. The van der Waals surface area contributed by atoms with E-state index in [4.69, 9.17) is 4.74 Å². The minimum Gasteiger partial charge on any atom is -0.462 e. The van der Waals surface area contributed by atoms with Gasteiger partial charge in [-0.25, -0.2) is 0 Å². The van der Waals surface area contributed by atoms with Crippen LogP contribution < -0.4 is 0 Å². The Bertz CT molecular complexity index is 414. The molecule has 0 bridgehead atoms. The smallest absolute Gasteiger partial charge is 0.302 e. The molecule has 3 nitrogen and oxygen atoms in total. The van der Waals surface area contributed by atoms with Gasteiger partial charge in [0.2, 0.25) is 0 Å². The first-order chi connectivity index (χ1) is 9.19. The van der Waals surface area contributed by atoms with Crippen molar-refractivity contribution in [3.05, 3.63) is 0 Å². The van der Waals surface area contributed by atoms with E-state index >= 15 is 0 Å². The molecule has 0 heterocycles. The molecule has 3 heteroatoms. The topological polar surface area (TPSA) is 43.4 Å². The molecule has 4 unspecified atom stereocenters. The number of ketones is 1. The van der Waals surface area contributed by atoms with Crippen LogP contribution in [0.1, 0.15) is 66.7 Å².